The lowest BCUT2D eigenvalue weighted by Crippen LogP contribution is -2.00. The summed E-state index contributed by atoms with van der Waals surface area (Å²) < 4.78 is 7.71. The third-order valence-corrected chi connectivity index (χ3v) is 14.6. The summed E-state index contributed by atoms with van der Waals surface area (Å²) >= 11 is 5.59. The molecule has 0 saturated carbocycles. The van der Waals surface area contributed by atoms with Crippen LogP contribution in [0.25, 0.3) is 117 Å². The van der Waals surface area contributed by atoms with Crippen LogP contribution in [0.1, 0.15) is 0 Å². The molecule has 0 N–H and O–H groups in total. The number of hydrogen-bond donors (Lipinski definition) is 0. The number of nitrogens with zero attached hydrogens (tertiary/aromatic N) is 3. The summed E-state index contributed by atoms with van der Waals surface area (Å²) in [6.45, 7) is 0. The first-order valence-corrected chi connectivity index (χ1v) is 21.4. The highest BCUT2D eigenvalue weighted by Gasteiger charge is 2.20. The van der Waals surface area contributed by atoms with E-state index in [4.69, 9.17) is 15.0 Å². The molecule has 0 unspecified atom stereocenters. The molecule has 0 aliphatic carbocycles. The van der Waals surface area contributed by atoms with Crippen LogP contribution < -0.4 is 0 Å². The lowest BCUT2D eigenvalue weighted by Gasteiger charge is -2.11. The predicted octanol–water partition coefficient (Wildman–Crippen LogP) is 15.3. The van der Waals surface area contributed by atoms with Gasteiger partial charge in [0, 0.05) is 88.3 Å². The van der Waals surface area contributed by atoms with E-state index in [1.807, 2.05) is 59.1 Å². The Morgan fingerprint density at radius 2 is 0.737 bits per heavy atom. The van der Waals surface area contributed by atoms with Gasteiger partial charge in [-0.05, 0) is 53.6 Å². The molecule has 4 aromatic heterocycles. The van der Waals surface area contributed by atoms with Gasteiger partial charge >= 0.3 is 0 Å². The van der Waals surface area contributed by atoms with Crippen molar-refractivity contribution >= 4 is 94.5 Å². The van der Waals surface area contributed by atoms with E-state index >= 15 is 0 Å². The molecule has 0 bridgehead atoms. The van der Waals surface area contributed by atoms with Gasteiger partial charge in [-0.3, -0.25) is 0 Å². The van der Waals surface area contributed by atoms with Crippen molar-refractivity contribution in [3.63, 3.8) is 0 Å². The van der Waals surface area contributed by atoms with Crippen LogP contribution in [0.15, 0.2) is 176 Å². The monoisotopic (exact) mass is 779 g/mol. The fourth-order valence-corrected chi connectivity index (χ4v) is 11.9. The molecule has 4 heterocycles. The minimum absolute atomic E-state index is 0.665. The molecule has 0 atom stereocenters. The van der Waals surface area contributed by atoms with E-state index < -0.39 is 0 Å². The Morgan fingerprint density at radius 1 is 0.263 bits per heavy atom. The number of fused-ring (bicyclic) bond motifs is 9. The van der Waals surface area contributed by atoms with Crippen LogP contribution in [-0.4, -0.2) is 15.0 Å². The first-order valence-electron chi connectivity index (χ1n) is 18.9. The normalized spacial score (nSPS) is 11.9. The first-order chi connectivity index (χ1) is 28.2. The summed E-state index contributed by atoms with van der Waals surface area (Å²) in [6, 6.07) is 63.1. The SMILES string of the molecule is c1ccc(-c2nc(-c3ccccc3)nc(-c3cccc4c3sc3ccc(-c5cc(-c6cccc7c6sc6ccccc67)c6sc7ccccc7c6c5)cc34)n2)cc1. The molecule has 0 saturated heterocycles. The van der Waals surface area contributed by atoms with Crippen LogP contribution in [0, 0.1) is 0 Å². The number of benzene rings is 8. The Balaban J connectivity index is 1.05. The maximum atomic E-state index is 5.09. The van der Waals surface area contributed by atoms with Crippen molar-refractivity contribution in [1.82, 2.24) is 15.0 Å². The molecule has 0 aliphatic rings. The fraction of sp³-hybridized carbons (Fsp3) is 0. The largest absolute Gasteiger partial charge is 0.208 e. The topological polar surface area (TPSA) is 38.7 Å². The molecule has 266 valence electrons. The molecule has 0 radical (unpaired) electrons. The lowest BCUT2D eigenvalue weighted by molar-refractivity contribution is 1.08. The minimum atomic E-state index is 0.665. The fourth-order valence-electron chi connectivity index (χ4n) is 8.24. The number of hydrogen-bond acceptors (Lipinski definition) is 6. The van der Waals surface area contributed by atoms with Crippen LogP contribution in [0.5, 0.6) is 0 Å². The zero-order valence-corrected chi connectivity index (χ0v) is 32.8. The van der Waals surface area contributed by atoms with Crippen molar-refractivity contribution in [2.75, 3.05) is 0 Å². The Bertz CT molecular complexity index is 3470. The van der Waals surface area contributed by atoms with Crippen molar-refractivity contribution in [3.05, 3.63) is 176 Å². The third-order valence-electron chi connectivity index (χ3n) is 10.9. The standard InChI is InChI=1S/C51H29N3S3/c1-3-13-30(14-4-1)49-52-50(31-15-5-2-6-16-31)54-51(53-49)39-22-12-20-37-40-27-32(25-26-45(40)57-47(37)39)33-28-41-35-18-8-10-24-44(35)56-48(41)42(29-33)38-21-11-19-36-34-17-7-9-23-43(34)55-46(36)38/h1-29H. The van der Waals surface area contributed by atoms with Crippen molar-refractivity contribution in [3.8, 4) is 56.4 Å². The highest BCUT2D eigenvalue weighted by molar-refractivity contribution is 7.27. The zero-order valence-electron chi connectivity index (χ0n) is 30.3. The maximum absolute atomic E-state index is 5.09. The number of rotatable bonds is 5. The summed E-state index contributed by atoms with van der Waals surface area (Å²) in [5.74, 6) is 2.01. The van der Waals surface area contributed by atoms with E-state index in [1.165, 1.54) is 82.8 Å². The van der Waals surface area contributed by atoms with Crippen LogP contribution in [0.4, 0.5) is 0 Å². The highest BCUT2D eigenvalue weighted by Crippen LogP contribution is 2.48. The van der Waals surface area contributed by atoms with E-state index in [-0.39, 0.29) is 0 Å². The van der Waals surface area contributed by atoms with Gasteiger partial charge in [0.15, 0.2) is 17.5 Å². The molecule has 8 aromatic carbocycles. The lowest BCUT2D eigenvalue weighted by atomic mass is 9.94. The third kappa shape index (κ3) is 5.33. The molecular formula is C51H29N3S3. The smallest absolute Gasteiger partial charge is 0.165 e. The molecule has 0 aliphatic heterocycles. The maximum Gasteiger partial charge on any atom is 0.165 e. The van der Waals surface area contributed by atoms with Gasteiger partial charge < -0.3 is 0 Å². The van der Waals surface area contributed by atoms with Gasteiger partial charge in [-0.15, -0.1) is 34.0 Å². The average Bonchev–Trinajstić information content (AvgIpc) is 3.98. The second kappa shape index (κ2) is 13.0. The molecule has 12 aromatic rings. The molecule has 12 rings (SSSR count). The van der Waals surface area contributed by atoms with Gasteiger partial charge in [-0.2, -0.15) is 0 Å². The summed E-state index contributed by atoms with van der Waals surface area (Å²) in [4.78, 5) is 15.1. The number of aromatic nitrogens is 3. The van der Waals surface area contributed by atoms with E-state index in [9.17, 15) is 0 Å². The average molecular weight is 780 g/mol. The second-order valence-corrected chi connectivity index (χ2v) is 17.5. The van der Waals surface area contributed by atoms with E-state index in [1.54, 1.807) is 11.3 Å². The molecular weight excluding hydrogens is 751 g/mol. The Hall–Kier alpha value is -6.57. The van der Waals surface area contributed by atoms with Gasteiger partial charge in [0.05, 0.1) is 0 Å². The summed E-state index contributed by atoms with van der Waals surface area (Å²) in [7, 11) is 0. The Morgan fingerprint density at radius 3 is 1.40 bits per heavy atom. The summed E-state index contributed by atoms with van der Waals surface area (Å²) in [6.07, 6.45) is 0. The Kier molecular flexibility index (Phi) is 7.45. The van der Waals surface area contributed by atoms with Gasteiger partial charge in [-0.1, -0.05) is 133 Å². The van der Waals surface area contributed by atoms with Crippen molar-refractivity contribution in [1.29, 1.82) is 0 Å². The molecule has 57 heavy (non-hydrogen) atoms. The molecule has 0 spiro atoms. The predicted molar refractivity (Wildman–Crippen MR) is 246 cm³/mol. The van der Waals surface area contributed by atoms with Crippen LogP contribution in [-0.2, 0) is 0 Å². The van der Waals surface area contributed by atoms with Crippen LogP contribution in [0.2, 0.25) is 0 Å². The highest BCUT2D eigenvalue weighted by atomic mass is 32.1. The van der Waals surface area contributed by atoms with Gasteiger partial charge in [-0.25, -0.2) is 15.0 Å². The van der Waals surface area contributed by atoms with Crippen molar-refractivity contribution in [2.24, 2.45) is 0 Å². The quantitative estimate of drug-likeness (QED) is 0.175. The Labute approximate surface area is 339 Å². The molecule has 0 fully saturated rings. The number of thiophene rings is 3. The molecule has 6 heteroatoms. The van der Waals surface area contributed by atoms with Crippen LogP contribution >= 0.6 is 34.0 Å². The van der Waals surface area contributed by atoms with E-state index in [0.29, 0.717) is 17.5 Å². The minimum Gasteiger partial charge on any atom is -0.208 e. The van der Waals surface area contributed by atoms with Gasteiger partial charge in [0.1, 0.15) is 0 Å². The second-order valence-electron chi connectivity index (χ2n) is 14.3. The van der Waals surface area contributed by atoms with Crippen molar-refractivity contribution in [2.45, 2.75) is 0 Å². The van der Waals surface area contributed by atoms with E-state index in [2.05, 4.69) is 140 Å². The van der Waals surface area contributed by atoms with E-state index in [0.717, 1.165) is 16.7 Å². The van der Waals surface area contributed by atoms with Gasteiger partial charge in [0.2, 0.25) is 0 Å². The first kappa shape index (κ1) is 32.7. The zero-order chi connectivity index (χ0) is 37.5. The summed E-state index contributed by atoms with van der Waals surface area (Å²) in [5.41, 5.74) is 7.94. The molecule has 0 amide bonds. The van der Waals surface area contributed by atoms with Crippen molar-refractivity contribution < 1.29 is 0 Å². The molecule has 3 nitrogen and oxygen atoms in total. The summed E-state index contributed by atoms with van der Waals surface area (Å²) in [5, 5.41) is 7.68. The van der Waals surface area contributed by atoms with Gasteiger partial charge in [0.25, 0.3) is 0 Å². The van der Waals surface area contributed by atoms with Crippen LogP contribution in [0.3, 0.4) is 0 Å².